The van der Waals surface area contributed by atoms with Gasteiger partial charge in [-0.1, -0.05) is 6.07 Å². The Morgan fingerprint density at radius 2 is 2.53 bits per heavy atom. The molecule has 0 fully saturated rings. The van der Waals surface area contributed by atoms with Crippen molar-refractivity contribution < 1.29 is 4.92 Å². The summed E-state index contributed by atoms with van der Waals surface area (Å²) >= 11 is 0. The zero-order chi connectivity index (χ0) is 11.1. The van der Waals surface area contributed by atoms with E-state index in [9.17, 15) is 10.1 Å². The SMILES string of the molecule is CN/C(=C\[N+](=O)[O-])NCc1cccnc1. The zero-order valence-electron chi connectivity index (χ0n) is 8.30. The van der Waals surface area contributed by atoms with Crippen LogP contribution in [-0.2, 0) is 6.54 Å². The van der Waals surface area contributed by atoms with Gasteiger partial charge in [0.1, 0.15) is 0 Å². The molecule has 80 valence electrons. The molecule has 0 aliphatic carbocycles. The van der Waals surface area contributed by atoms with Crippen LogP contribution >= 0.6 is 0 Å². The van der Waals surface area contributed by atoms with Crippen molar-refractivity contribution in [2.75, 3.05) is 7.05 Å². The fourth-order valence-corrected chi connectivity index (χ4v) is 1.00. The van der Waals surface area contributed by atoms with Crippen molar-refractivity contribution in [3.63, 3.8) is 0 Å². The molecule has 2 N–H and O–H groups in total. The van der Waals surface area contributed by atoms with Crippen molar-refractivity contribution in [1.82, 2.24) is 15.6 Å². The second-order valence-electron chi connectivity index (χ2n) is 2.79. The van der Waals surface area contributed by atoms with Crippen LogP contribution in [0.25, 0.3) is 0 Å². The van der Waals surface area contributed by atoms with E-state index in [1.165, 1.54) is 0 Å². The first-order valence-electron chi connectivity index (χ1n) is 4.38. The summed E-state index contributed by atoms with van der Waals surface area (Å²) in [4.78, 5) is 13.6. The van der Waals surface area contributed by atoms with E-state index in [4.69, 9.17) is 0 Å². The smallest absolute Gasteiger partial charge is 0.274 e. The molecule has 0 unspecified atom stereocenters. The minimum absolute atomic E-state index is 0.365. The summed E-state index contributed by atoms with van der Waals surface area (Å²) in [6.45, 7) is 0.494. The normalized spacial score (nSPS) is 10.9. The molecule has 1 aromatic heterocycles. The molecule has 0 bridgehead atoms. The summed E-state index contributed by atoms with van der Waals surface area (Å²) in [7, 11) is 1.62. The lowest BCUT2D eigenvalue weighted by Crippen LogP contribution is -2.24. The van der Waals surface area contributed by atoms with E-state index in [2.05, 4.69) is 15.6 Å². The topological polar surface area (TPSA) is 80.1 Å². The number of aromatic nitrogens is 1. The summed E-state index contributed by atoms with van der Waals surface area (Å²) < 4.78 is 0. The molecular weight excluding hydrogens is 196 g/mol. The van der Waals surface area contributed by atoms with Crippen LogP contribution in [0.15, 0.2) is 36.5 Å². The third-order valence-corrected chi connectivity index (χ3v) is 1.71. The van der Waals surface area contributed by atoms with E-state index >= 15 is 0 Å². The summed E-state index contributed by atoms with van der Waals surface area (Å²) in [6, 6.07) is 3.70. The van der Waals surface area contributed by atoms with E-state index in [0.717, 1.165) is 11.8 Å². The Morgan fingerprint density at radius 3 is 3.07 bits per heavy atom. The highest BCUT2D eigenvalue weighted by Gasteiger charge is 1.99. The number of rotatable bonds is 5. The van der Waals surface area contributed by atoms with Gasteiger partial charge in [0, 0.05) is 26.0 Å². The lowest BCUT2D eigenvalue weighted by molar-refractivity contribution is -0.404. The van der Waals surface area contributed by atoms with Crippen molar-refractivity contribution in [3.8, 4) is 0 Å². The lowest BCUT2D eigenvalue weighted by atomic mass is 10.3. The molecule has 0 aliphatic heterocycles. The first-order valence-corrected chi connectivity index (χ1v) is 4.38. The van der Waals surface area contributed by atoms with Gasteiger partial charge >= 0.3 is 0 Å². The highest BCUT2D eigenvalue weighted by molar-refractivity contribution is 5.09. The monoisotopic (exact) mass is 208 g/mol. The molecule has 0 spiro atoms. The van der Waals surface area contributed by atoms with Gasteiger partial charge in [-0.05, 0) is 11.6 Å². The molecule has 6 nitrogen and oxygen atoms in total. The predicted molar refractivity (Wildman–Crippen MR) is 55.2 cm³/mol. The molecule has 1 aromatic rings. The molecule has 0 aliphatic rings. The Kier molecular flexibility index (Phi) is 4.08. The Hall–Kier alpha value is -2.11. The number of pyridine rings is 1. The fraction of sp³-hybridized carbons (Fsp3) is 0.222. The highest BCUT2D eigenvalue weighted by Crippen LogP contribution is 1.95. The van der Waals surface area contributed by atoms with Crippen LogP contribution in [0.2, 0.25) is 0 Å². The third kappa shape index (κ3) is 4.08. The highest BCUT2D eigenvalue weighted by atomic mass is 16.6. The van der Waals surface area contributed by atoms with Gasteiger partial charge in [-0.2, -0.15) is 0 Å². The Labute approximate surface area is 87.2 Å². The van der Waals surface area contributed by atoms with E-state index in [-0.39, 0.29) is 0 Å². The Morgan fingerprint density at radius 1 is 1.73 bits per heavy atom. The van der Waals surface area contributed by atoms with E-state index in [1.807, 2.05) is 12.1 Å². The van der Waals surface area contributed by atoms with Crippen LogP contribution in [-0.4, -0.2) is 17.0 Å². The van der Waals surface area contributed by atoms with Gasteiger partial charge in [-0.25, -0.2) is 0 Å². The molecule has 0 amide bonds. The predicted octanol–water partition coefficient (Wildman–Crippen LogP) is 0.466. The first kappa shape index (κ1) is 11.0. The standard InChI is InChI=1S/C9H12N4O2/c1-10-9(7-13(14)15)12-6-8-3-2-4-11-5-8/h2-5,7,10,12H,6H2,1H3/b9-7+. The molecule has 6 heteroatoms. The number of nitrogens with zero attached hydrogens (tertiary/aromatic N) is 2. The van der Waals surface area contributed by atoms with Crippen molar-refractivity contribution in [2.45, 2.75) is 6.54 Å². The minimum atomic E-state index is -0.512. The average molecular weight is 208 g/mol. The molecule has 1 heterocycles. The second-order valence-corrected chi connectivity index (χ2v) is 2.79. The summed E-state index contributed by atoms with van der Waals surface area (Å²) in [5.74, 6) is 0.365. The van der Waals surface area contributed by atoms with Crippen LogP contribution in [0.4, 0.5) is 0 Å². The van der Waals surface area contributed by atoms with Crippen LogP contribution in [0.1, 0.15) is 5.56 Å². The maximum absolute atomic E-state index is 10.2. The molecule has 0 radical (unpaired) electrons. The van der Waals surface area contributed by atoms with Crippen LogP contribution in [0.3, 0.4) is 0 Å². The van der Waals surface area contributed by atoms with Crippen molar-refractivity contribution >= 4 is 0 Å². The molecule has 0 atom stereocenters. The van der Waals surface area contributed by atoms with Crippen LogP contribution < -0.4 is 10.6 Å². The lowest BCUT2D eigenvalue weighted by Gasteiger charge is -2.07. The van der Waals surface area contributed by atoms with E-state index in [1.54, 1.807) is 19.4 Å². The number of nitrogens with one attached hydrogen (secondary N) is 2. The van der Waals surface area contributed by atoms with Gasteiger partial charge in [-0.3, -0.25) is 15.1 Å². The van der Waals surface area contributed by atoms with Gasteiger partial charge in [0.25, 0.3) is 6.20 Å². The first-order chi connectivity index (χ1) is 7.22. The fourth-order valence-electron chi connectivity index (χ4n) is 1.00. The molecule has 15 heavy (non-hydrogen) atoms. The van der Waals surface area contributed by atoms with Crippen molar-refractivity contribution in [1.29, 1.82) is 0 Å². The van der Waals surface area contributed by atoms with Gasteiger partial charge in [-0.15, -0.1) is 0 Å². The maximum Gasteiger partial charge on any atom is 0.274 e. The van der Waals surface area contributed by atoms with Gasteiger partial charge < -0.3 is 10.6 Å². The summed E-state index contributed by atoms with van der Waals surface area (Å²) in [5, 5.41) is 15.8. The Bertz CT molecular complexity index is 350. The number of hydrogen-bond acceptors (Lipinski definition) is 5. The zero-order valence-corrected chi connectivity index (χ0v) is 8.30. The maximum atomic E-state index is 10.2. The summed E-state index contributed by atoms with van der Waals surface area (Å²) in [5.41, 5.74) is 0.960. The van der Waals surface area contributed by atoms with Gasteiger partial charge in [0.2, 0.25) is 0 Å². The van der Waals surface area contributed by atoms with Gasteiger partial charge in [0.05, 0.1) is 4.92 Å². The van der Waals surface area contributed by atoms with Gasteiger partial charge in [0.15, 0.2) is 5.82 Å². The molecule has 0 saturated carbocycles. The average Bonchev–Trinajstić information content (AvgIpc) is 2.25. The van der Waals surface area contributed by atoms with Crippen molar-refractivity contribution in [2.24, 2.45) is 0 Å². The molecule has 0 aromatic carbocycles. The quantitative estimate of drug-likeness (QED) is 0.543. The third-order valence-electron chi connectivity index (χ3n) is 1.71. The second kappa shape index (κ2) is 5.58. The van der Waals surface area contributed by atoms with E-state index in [0.29, 0.717) is 12.4 Å². The van der Waals surface area contributed by atoms with Crippen LogP contribution in [0.5, 0.6) is 0 Å². The largest absolute Gasteiger partial charge is 0.370 e. The Balaban J connectivity index is 2.52. The number of hydrogen-bond donors (Lipinski definition) is 2. The van der Waals surface area contributed by atoms with E-state index < -0.39 is 4.92 Å². The van der Waals surface area contributed by atoms with Crippen LogP contribution in [0, 0.1) is 10.1 Å². The minimum Gasteiger partial charge on any atom is -0.370 e. The number of nitro groups is 1. The van der Waals surface area contributed by atoms with Crippen molar-refractivity contribution in [3.05, 3.63) is 52.2 Å². The molecule has 1 rings (SSSR count). The molecular formula is C9H12N4O2. The molecule has 0 saturated heterocycles. The summed E-state index contributed by atoms with van der Waals surface area (Å²) in [6.07, 6.45) is 4.26.